The lowest BCUT2D eigenvalue weighted by molar-refractivity contribution is -0.150. The average Bonchev–Trinajstić information content (AvgIpc) is 2.93. The van der Waals surface area contributed by atoms with E-state index in [2.05, 4.69) is 17.9 Å². The standard InChI is InChI=1S/C31H32O8/c1-21(19-28(32)36-3)30(34)38-26-15-11-23(12-16-26)9-10-24-13-17-27(18-14-24)39-31(35)22(2)20-29(33)37-25-7-5-4-6-8-25/h9-18,25H,1-2,4-8,19-20H2,3H3/b10-9+. The molecule has 39 heavy (non-hydrogen) atoms. The molecule has 3 rings (SSSR count). The SMILES string of the molecule is C=C(CC(=O)OC)C(=O)Oc1ccc(/C=C/c2ccc(OC(=O)C(=C)CC(=O)OC3CCCCC3)cc2)cc1. The van der Waals surface area contributed by atoms with Crippen LogP contribution >= 0.6 is 0 Å². The highest BCUT2D eigenvalue weighted by molar-refractivity contribution is 5.95. The van der Waals surface area contributed by atoms with Gasteiger partial charge in [0.05, 0.1) is 20.0 Å². The second-order valence-corrected chi connectivity index (χ2v) is 9.14. The molecule has 0 N–H and O–H groups in total. The smallest absolute Gasteiger partial charge is 0.339 e. The number of hydrogen-bond acceptors (Lipinski definition) is 8. The molecule has 2 aromatic carbocycles. The maximum Gasteiger partial charge on any atom is 0.339 e. The number of methoxy groups -OCH3 is 1. The van der Waals surface area contributed by atoms with Gasteiger partial charge in [-0.05, 0) is 61.1 Å². The van der Waals surface area contributed by atoms with Crippen molar-refractivity contribution in [1.82, 2.24) is 0 Å². The maximum atomic E-state index is 12.3. The minimum atomic E-state index is -0.701. The lowest BCUT2D eigenvalue weighted by Crippen LogP contribution is -2.22. The number of benzene rings is 2. The minimum absolute atomic E-state index is 0.00132. The number of hydrogen-bond donors (Lipinski definition) is 0. The van der Waals surface area contributed by atoms with Gasteiger partial charge in [0.2, 0.25) is 0 Å². The number of carbonyl (C=O) groups is 4. The van der Waals surface area contributed by atoms with Crippen molar-refractivity contribution in [2.24, 2.45) is 0 Å². The number of rotatable bonds is 11. The Hall–Kier alpha value is -4.46. The van der Waals surface area contributed by atoms with E-state index in [-0.39, 0.29) is 30.1 Å². The fraction of sp³-hybridized carbons (Fsp3) is 0.290. The van der Waals surface area contributed by atoms with E-state index in [0.29, 0.717) is 11.5 Å². The molecule has 0 unspecified atom stereocenters. The molecule has 0 radical (unpaired) electrons. The van der Waals surface area contributed by atoms with Gasteiger partial charge in [0.15, 0.2) is 0 Å². The molecular weight excluding hydrogens is 500 g/mol. The van der Waals surface area contributed by atoms with Crippen LogP contribution in [0.2, 0.25) is 0 Å². The summed E-state index contributed by atoms with van der Waals surface area (Å²) < 4.78 is 20.5. The number of ether oxygens (including phenoxy) is 4. The van der Waals surface area contributed by atoms with E-state index >= 15 is 0 Å². The molecule has 0 aromatic heterocycles. The van der Waals surface area contributed by atoms with Crippen molar-refractivity contribution in [2.45, 2.75) is 51.0 Å². The van der Waals surface area contributed by atoms with E-state index in [0.717, 1.165) is 43.2 Å². The summed E-state index contributed by atoms with van der Waals surface area (Å²) in [6.45, 7) is 7.22. The molecule has 2 aromatic rings. The molecule has 8 heteroatoms. The second kappa shape index (κ2) is 14.5. The molecule has 0 bridgehead atoms. The van der Waals surface area contributed by atoms with Crippen LogP contribution in [0, 0.1) is 0 Å². The summed E-state index contributed by atoms with van der Waals surface area (Å²) in [5.74, 6) is -1.75. The van der Waals surface area contributed by atoms with Gasteiger partial charge in [-0.15, -0.1) is 0 Å². The zero-order valence-electron chi connectivity index (χ0n) is 22.0. The third-order valence-corrected chi connectivity index (χ3v) is 6.02. The van der Waals surface area contributed by atoms with E-state index < -0.39 is 23.9 Å². The largest absolute Gasteiger partial charge is 0.469 e. The van der Waals surface area contributed by atoms with Crippen molar-refractivity contribution in [3.63, 3.8) is 0 Å². The zero-order valence-corrected chi connectivity index (χ0v) is 22.0. The highest BCUT2D eigenvalue weighted by atomic mass is 16.6. The first kappa shape index (κ1) is 29.1. The first-order valence-corrected chi connectivity index (χ1v) is 12.7. The Balaban J connectivity index is 1.46. The van der Waals surface area contributed by atoms with Gasteiger partial charge in [-0.1, -0.05) is 56.0 Å². The van der Waals surface area contributed by atoms with Gasteiger partial charge in [-0.3, -0.25) is 9.59 Å². The molecule has 0 saturated heterocycles. The lowest BCUT2D eigenvalue weighted by Gasteiger charge is -2.21. The van der Waals surface area contributed by atoms with Crippen LogP contribution in [0.3, 0.4) is 0 Å². The molecule has 1 aliphatic rings. The van der Waals surface area contributed by atoms with Crippen molar-refractivity contribution in [3.05, 3.63) is 84.0 Å². The molecule has 0 atom stereocenters. The summed E-state index contributed by atoms with van der Waals surface area (Å²) in [6.07, 6.45) is 8.20. The predicted molar refractivity (Wildman–Crippen MR) is 146 cm³/mol. The Morgan fingerprint density at radius 1 is 0.718 bits per heavy atom. The van der Waals surface area contributed by atoms with Crippen molar-refractivity contribution in [1.29, 1.82) is 0 Å². The molecule has 1 fully saturated rings. The third kappa shape index (κ3) is 9.74. The molecule has 8 nitrogen and oxygen atoms in total. The van der Waals surface area contributed by atoms with Gasteiger partial charge >= 0.3 is 23.9 Å². The average molecular weight is 533 g/mol. The summed E-state index contributed by atoms with van der Waals surface area (Å²) in [4.78, 5) is 47.7. The summed E-state index contributed by atoms with van der Waals surface area (Å²) in [5.41, 5.74) is 1.76. The first-order valence-electron chi connectivity index (χ1n) is 12.7. The molecule has 0 aliphatic heterocycles. The summed E-state index contributed by atoms with van der Waals surface area (Å²) >= 11 is 0. The monoisotopic (exact) mass is 532 g/mol. The van der Waals surface area contributed by atoms with Crippen molar-refractivity contribution in [2.75, 3.05) is 7.11 Å². The minimum Gasteiger partial charge on any atom is -0.469 e. The Labute approximate surface area is 227 Å². The zero-order chi connectivity index (χ0) is 28.2. The van der Waals surface area contributed by atoms with E-state index in [1.165, 1.54) is 7.11 Å². The van der Waals surface area contributed by atoms with Crippen LogP contribution < -0.4 is 9.47 Å². The predicted octanol–water partition coefficient (Wildman–Crippen LogP) is 5.61. The molecule has 204 valence electrons. The summed E-state index contributed by atoms with van der Waals surface area (Å²) in [7, 11) is 1.23. The van der Waals surface area contributed by atoms with Gasteiger partial charge in [0.25, 0.3) is 0 Å². The number of esters is 4. The van der Waals surface area contributed by atoms with E-state index in [9.17, 15) is 19.2 Å². The van der Waals surface area contributed by atoms with Crippen molar-refractivity contribution >= 4 is 36.0 Å². The van der Waals surface area contributed by atoms with Gasteiger partial charge in [-0.2, -0.15) is 0 Å². The second-order valence-electron chi connectivity index (χ2n) is 9.14. The Kier molecular flexibility index (Phi) is 10.8. The van der Waals surface area contributed by atoms with Crippen LogP contribution in [0.15, 0.2) is 72.8 Å². The fourth-order valence-electron chi connectivity index (χ4n) is 3.82. The van der Waals surface area contributed by atoms with Crippen molar-refractivity contribution in [3.8, 4) is 11.5 Å². The fourth-order valence-corrected chi connectivity index (χ4v) is 3.82. The third-order valence-electron chi connectivity index (χ3n) is 6.02. The van der Waals surface area contributed by atoms with Gasteiger partial charge in [-0.25, -0.2) is 9.59 Å². The normalized spacial score (nSPS) is 13.4. The Morgan fingerprint density at radius 3 is 1.59 bits per heavy atom. The molecule has 1 saturated carbocycles. The highest BCUT2D eigenvalue weighted by Gasteiger charge is 2.20. The Morgan fingerprint density at radius 2 is 1.15 bits per heavy atom. The molecular formula is C31H32O8. The topological polar surface area (TPSA) is 105 Å². The molecule has 1 aliphatic carbocycles. The lowest BCUT2D eigenvalue weighted by atomic mass is 9.98. The summed E-state index contributed by atoms with van der Waals surface area (Å²) in [6, 6.07) is 13.6. The van der Waals surface area contributed by atoms with Gasteiger partial charge < -0.3 is 18.9 Å². The number of carbonyl (C=O) groups excluding carboxylic acids is 4. The van der Waals surface area contributed by atoms with Gasteiger partial charge in [0, 0.05) is 11.1 Å². The maximum absolute atomic E-state index is 12.3. The van der Waals surface area contributed by atoms with Crippen LogP contribution in [-0.4, -0.2) is 37.1 Å². The van der Waals surface area contributed by atoms with Crippen LogP contribution in [-0.2, 0) is 28.7 Å². The first-order chi connectivity index (χ1) is 18.7. The van der Waals surface area contributed by atoms with Crippen LogP contribution in [0.1, 0.15) is 56.1 Å². The quantitative estimate of drug-likeness (QED) is 0.159. The summed E-state index contributed by atoms with van der Waals surface area (Å²) in [5, 5.41) is 0. The van der Waals surface area contributed by atoms with Crippen LogP contribution in [0.4, 0.5) is 0 Å². The van der Waals surface area contributed by atoms with Gasteiger partial charge in [0.1, 0.15) is 17.6 Å². The van der Waals surface area contributed by atoms with Crippen LogP contribution in [0.5, 0.6) is 11.5 Å². The van der Waals surface area contributed by atoms with Crippen LogP contribution in [0.25, 0.3) is 12.2 Å². The molecule has 0 heterocycles. The Bertz CT molecular complexity index is 1230. The molecule has 0 amide bonds. The van der Waals surface area contributed by atoms with Crippen molar-refractivity contribution < 1.29 is 38.1 Å². The van der Waals surface area contributed by atoms with E-state index in [1.54, 1.807) is 48.5 Å². The van der Waals surface area contributed by atoms with E-state index in [1.807, 2.05) is 12.2 Å². The van der Waals surface area contributed by atoms with E-state index in [4.69, 9.17) is 14.2 Å². The molecule has 0 spiro atoms. The highest BCUT2D eigenvalue weighted by Crippen LogP contribution is 2.22.